The molecule has 0 aliphatic carbocycles. The molecular formula is C43H86NO8+. The van der Waals surface area contributed by atoms with Crippen LogP contribution in [0.1, 0.15) is 180 Å². The van der Waals surface area contributed by atoms with E-state index in [2.05, 4.69) is 11.8 Å². The second-order valence-corrected chi connectivity index (χ2v) is 17.2. The van der Waals surface area contributed by atoms with E-state index in [-0.39, 0.29) is 53.0 Å². The Morgan fingerprint density at radius 1 is 0.481 bits per heavy atom. The molecule has 1 fully saturated rings. The summed E-state index contributed by atoms with van der Waals surface area (Å²) in [5, 5.41) is 0. The Morgan fingerprint density at radius 3 is 1.06 bits per heavy atom. The molecule has 9 heteroatoms. The van der Waals surface area contributed by atoms with Crippen LogP contribution >= 0.6 is 0 Å². The van der Waals surface area contributed by atoms with Crippen LogP contribution in [0.25, 0.3) is 0 Å². The number of hydrogen-bond donors (Lipinski definition) is 0. The summed E-state index contributed by atoms with van der Waals surface area (Å²) in [6.07, 6.45) is 14.6. The Kier molecular flexibility index (Phi) is 28.6. The molecular weight excluding hydrogens is 658 g/mol. The second kappa shape index (κ2) is 27.4. The minimum absolute atomic E-state index is 0. The largest absolute Gasteiger partial charge is 0.469 e. The van der Waals surface area contributed by atoms with E-state index in [0.29, 0.717) is 19.8 Å². The van der Waals surface area contributed by atoms with Crippen LogP contribution in [-0.4, -0.2) is 82.0 Å². The number of nitrogens with zero attached hydrogens (tertiary/aromatic N) is 1. The lowest BCUT2D eigenvalue weighted by atomic mass is 9.91. The molecule has 1 heterocycles. The van der Waals surface area contributed by atoms with Gasteiger partial charge in [0.1, 0.15) is 0 Å². The van der Waals surface area contributed by atoms with E-state index in [9.17, 15) is 19.2 Å². The lowest BCUT2D eigenvalue weighted by Crippen LogP contribution is -2.48. The molecule has 0 saturated carbocycles. The smallest absolute Gasteiger partial charge is 0.311 e. The van der Waals surface area contributed by atoms with E-state index in [1.165, 1.54) is 39.5 Å². The molecule has 0 aromatic carbocycles. The molecule has 1 aliphatic rings. The van der Waals surface area contributed by atoms with Gasteiger partial charge in [-0.05, 0) is 113 Å². The maximum atomic E-state index is 11.8. The van der Waals surface area contributed by atoms with E-state index in [1.54, 1.807) is 0 Å². The van der Waals surface area contributed by atoms with E-state index >= 15 is 0 Å². The molecule has 1 saturated heterocycles. The fourth-order valence-corrected chi connectivity index (χ4v) is 4.79. The van der Waals surface area contributed by atoms with E-state index < -0.39 is 0 Å². The Balaban J connectivity index is -0.000000753. The SMILES string of the molecule is C.CCC(C)(C)C(=O)OC.CCC(C)(C)C(=O)OCCCCCCCCOC(=O)C(C)(C)CC.CCC(C)(C)C(=O)OCCC[N+]1(C)CCCCC1. The van der Waals surface area contributed by atoms with Crippen molar-refractivity contribution in [2.75, 3.05) is 53.6 Å². The van der Waals surface area contributed by atoms with Gasteiger partial charge in [-0.1, -0.05) is 60.8 Å². The van der Waals surface area contributed by atoms with Crippen LogP contribution in [0, 0.1) is 21.7 Å². The summed E-state index contributed by atoms with van der Waals surface area (Å²) in [6, 6.07) is 0. The fourth-order valence-electron chi connectivity index (χ4n) is 4.79. The van der Waals surface area contributed by atoms with Gasteiger partial charge >= 0.3 is 23.9 Å². The number of ether oxygens (including phenoxy) is 4. The Bertz CT molecular complexity index is 944. The van der Waals surface area contributed by atoms with Gasteiger partial charge in [-0.15, -0.1) is 0 Å². The summed E-state index contributed by atoms with van der Waals surface area (Å²) in [6.45, 7) is 28.7. The second-order valence-electron chi connectivity index (χ2n) is 17.2. The van der Waals surface area contributed by atoms with Crippen molar-refractivity contribution in [1.82, 2.24) is 0 Å². The molecule has 0 radical (unpaired) electrons. The first-order valence-corrected chi connectivity index (χ1v) is 20.0. The first-order valence-electron chi connectivity index (χ1n) is 20.0. The van der Waals surface area contributed by atoms with Gasteiger partial charge in [0.25, 0.3) is 0 Å². The highest BCUT2D eigenvalue weighted by Crippen LogP contribution is 2.24. The monoisotopic (exact) mass is 745 g/mol. The first kappa shape index (κ1) is 54.2. The van der Waals surface area contributed by atoms with Crippen molar-refractivity contribution in [3.05, 3.63) is 0 Å². The lowest BCUT2D eigenvalue weighted by molar-refractivity contribution is -0.914. The average molecular weight is 745 g/mol. The van der Waals surface area contributed by atoms with Crippen molar-refractivity contribution in [3.8, 4) is 0 Å². The molecule has 0 N–H and O–H groups in total. The quantitative estimate of drug-likeness (QED) is 0.0495. The minimum Gasteiger partial charge on any atom is -0.469 e. The van der Waals surface area contributed by atoms with Crippen molar-refractivity contribution < 1.29 is 42.6 Å². The number of hydrogen-bond acceptors (Lipinski definition) is 8. The Morgan fingerprint density at radius 2 is 0.769 bits per heavy atom. The molecule has 1 aliphatic heterocycles. The molecule has 0 atom stereocenters. The Hall–Kier alpha value is -2.16. The molecule has 310 valence electrons. The van der Waals surface area contributed by atoms with Crippen LogP contribution in [0.15, 0.2) is 0 Å². The topological polar surface area (TPSA) is 105 Å². The Labute approximate surface area is 321 Å². The van der Waals surface area contributed by atoms with Gasteiger partial charge in [0.15, 0.2) is 0 Å². The van der Waals surface area contributed by atoms with E-state index in [1.807, 2.05) is 83.1 Å². The molecule has 0 aromatic rings. The highest BCUT2D eigenvalue weighted by Gasteiger charge is 2.29. The number of unbranched alkanes of at least 4 members (excludes halogenated alkanes) is 5. The van der Waals surface area contributed by atoms with Crippen LogP contribution in [-0.2, 0) is 38.1 Å². The van der Waals surface area contributed by atoms with Gasteiger partial charge in [-0.25, -0.2) is 0 Å². The van der Waals surface area contributed by atoms with Gasteiger partial charge in [-0.3, -0.25) is 19.2 Å². The molecule has 0 bridgehead atoms. The number of methoxy groups -OCH3 is 1. The number of piperidine rings is 1. The van der Waals surface area contributed by atoms with Crippen molar-refractivity contribution >= 4 is 23.9 Å². The molecule has 1 rings (SSSR count). The normalized spacial score (nSPS) is 14.3. The van der Waals surface area contributed by atoms with Crippen molar-refractivity contribution in [2.45, 2.75) is 180 Å². The highest BCUT2D eigenvalue weighted by molar-refractivity contribution is 5.76. The molecule has 52 heavy (non-hydrogen) atoms. The van der Waals surface area contributed by atoms with Gasteiger partial charge in [0, 0.05) is 6.42 Å². The van der Waals surface area contributed by atoms with Crippen LogP contribution in [0.3, 0.4) is 0 Å². The third-order valence-electron chi connectivity index (χ3n) is 10.9. The van der Waals surface area contributed by atoms with Crippen molar-refractivity contribution in [3.63, 3.8) is 0 Å². The van der Waals surface area contributed by atoms with Crippen molar-refractivity contribution in [2.24, 2.45) is 21.7 Å². The van der Waals surface area contributed by atoms with Crippen LogP contribution in [0.4, 0.5) is 0 Å². The summed E-state index contributed by atoms with van der Waals surface area (Å²) in [7, 11) is 3.75. The molecule has 0 aromatic heterocycles. The highest BCUT2D eigenvalue weighted by atomic mass is 16.5. The first-order chi connectivity index (χ1) is 23.6. The van der Waals surface area contributed by atoms with Crippen LogP contribution in [0.5, 0.6) is 0 Å². The molecule has 0 amide bonds. The van der Waals surface area contributed by atoms with Crippen molar-refractivity contribution in [1.29, 1.82) is 0 Å². The molecule has 9 nitrogen and oxygen atoms in total. The van der Waals surface area contributed by atoms with Gasteiger partial charge in [0.05, 0.1) is 75.3 Å². The van der Waals surface area contributed by atoms with Gasteiger partial charge in [-0.2, -0.15) is 0 Å². The van der Waals surface area contributed by atoms with Crippen LogP contribution in [0.2, 0.25) is 0 Å². The van der Waals surface area contributed by atoms with Crippen LogP contribution < -0.4 is 0 Å². The minimum atomic E-state index is -0.371. The maximum absolute atomic E-state index is 11.8. The summed E-state index contributed by atoms with van der Waals surface area (Å²) in [5.74, 6) is -0.375. The van der Waals surface area contributed by atoms with Gasteiger partial charge < -0.3 is 23.4 Å². The third-order valence-corrected chi connectivity index (χ3v) is 10.9. The number of esters is 4. The van der Waals surface area contributed by atoms with Gasteiger partial charge in [0.2, 0.25) is 0 Å². The maximum Gasteiger partial charge on any atom is 0.311 e. The zero-order chi connectivity index (χ0) is 39.8. The zero-order valence-electron chi connectivity index (χ0n) is 35.9. The lowest BCUT2D eigenvalue weighted by Gasteiger charge is -2.37. The average Bonchev–Trinajstić information content (AvgIpc) is 3.10. The predicted octanol–water partition coefficient (Wildman–Crippen LogP) is 10.5. The zero-order valence-corrected chi connectivity index (χ0v) is 35.9. The number of likely N-dealkylation sites (tertiary alicyclic amines) is 1. The molecule has 0 spiro atoms. The summed E-state index contributed by atoms with van der Waals surface area (Å²) >= 11 is 0. The number of quaternary nitrogens is 1. The molecule has 0 unspecified atom stereocenters. The number of rotatable bonds is 21. The third kappa shape index (κ3) is 23.5. The predicted molar refractivity (Wildman–Crippen MR) is 215 cm³/mol. The summed E-state index contributed by atoms with van der Waals surface area (Å²) < 4.78 is 21.7. The summed E-state index contributed by atoms with van der Waals surface area (Å²) in [5.41, 5.74) is -1.38. The summed E-state index contributed by atoms with van der Waals surface area (Å²) in [4.78, 5) is 46.2. The standard InChI is InChI=1S/C20H38O4.C15H30NO2.C7H14O2.CH4/c1-7-19(3,4)17(21)23-15-13-11-9-10-12-14-16-24-18(22)20(5,6)8-2;1-5-15(2,3)14(17)18-13-9-12-16(4)10-7-6-8-11-16;1-5-7(2,3)6(8)9-4;/h7-16H2,1-6H3;5-13H2,1-4H3;5H2,1-4H3;1H4/q;+1;;. The fraction of sp³-hybridized carbons (Fsp3) is 0.907. The van der Waals surface area contributed by atoms with E-state index in [4.69, 9.17) is 14.2 Å². The van der Waals surface area contributed by atoms with E-state index in [0.717, 1.165) is 81.7 Å². The number of carbonyl (C=O) groups is 4. The number of carbonyl (C=O) groups excluding carboxylic acids is 4.